The van der Waals surface area contributed by atoms with Crippen LogP contribution in [0.4, 0.5) is 0 Å². The van der Waals surface area contributed by atoms with Crippen molar-refractivity contribution in [3.05, 3.63) is 0 Å². The second-order valence-electron chi connectivity index (χ2n) is 5.94. The van der Waals surface area contributed by atoms with Crippen LogP contribution < -0.4 is 5.32 Å². The number of likely N-dealkylation sites (tertiary alicyclic amines) is 1. The van der Waals surface area contributed by atoms with Crippen LogP contribution in [0.1, 0.15) is 32.6 Å². The number of nitrogens with zero attached hydrogens (tertiary/aromatic N) is 1. The average molecular weight is 270 g/mol. The van der Waals surface area contributed by atoms with Gasteiger partial charge < -0.3 is 14.8 Å². The molecule has 19 heavy (non-hydrogen) atoms. The van der Waals surface area contributed by atoms with Gasteiger partial charge in [-0.3, -0.25) is 4.90 Å². The van der Waals surface area contributed by atoms with Crippen molar-refractivity contribution in [3.63, 3.8) is 0 Å². The SMILES string of the molecule is CCCNC(CN1CCCC(OC)C1)C1CCOC1. The third kappa shape index (κ3) is 4.71. The van der Waals surface area contributed by atoms with Crippen LogP contribution in [0.15, 0.2) is 0 Å². The van der Waals surface area contributed by atoms with Gasteiger partial charge in [0, 0.05) is 38.8 Å². The summed E-state index contributed by atoms with van der Waals surface area (Å²) in [7, 11) is 1.84. The minimum atomic E-state index is 0.431. The molecule has 2 heterocycles. The van der Waals surface area contributed by atoms with Crippen LogP contribution in [-0.2, 0) is 9.47 Å². The van der Waals surface area contributed by atoms with E-state index >= 15 is 0 Å². The summed E-state index contributed by atoms with van der Waals surface area (Å²) in [5.74, 6) is 0.689. The van der Waals surface area contributed by atoms with Crippen LogP contribution in [0.25, 0.3) is 0 Å². The normalized spacial score (nSPS) is 30.6. The Labute approximate surface area is 117 Å². The van der Waals surface area contributed by atoms with Crippen LogP contribution in [0.5, 0.6) is 0 Å². The molecule has 0 radical (unpaired) electrons. The van der Waals surface area contributed by atoms with Gasteiger partial charge in [-0.1, -0.05) is 6.92 Å². The number of ether oxygens (including phenoxy) is 2. The van der Waals surface area contributed by atoms with Gasteiger partial charge in [-0.25, -0.2) is 0 Å². The van der Waals surface area contributed by atoms with E-state index in [1.807, 2.05) is 7.11 Å². The van der Waals surface area contributed by atoms with Gasteiger partial charge >= 0.3 is 0 Å². The van der Waals surface area contributed by atoms with Gasteiger partial charge in [-0.05, 0) is 38.8 Å². The molecule has 0 aliphatic carbocycles. The van der Waals surface area contributed by atoms with Crippen LogP contribution in [0, 0.1) is 5.92 Å². The molecule has 0 saturated carbocycles. The summed E-state index contributed by atoms with van der Waals surface area (Å²) in [6, 6.07) is 0.582. The van der Waals surface area contributed by atoms with Crippen molar-refractivity contribution in [2.45, 2.75) is 44.8 Å². The largest absolute Gasteiger partial charge is 0.381 e. The Morgan fingerprint density at radius 3 is 3.00 bits per heavy atom. The molecule has 0 aromatic carbocycles. The van der Waals surface area contributed by atoms with E-state index in [9.17, 15) is 0 Å². The topological polar surface area (TPSA) is 33.7 Å². The van der Waals surface area contributed by atoms with Crippen molar-refractivity contribution in [2.75, 3.05) is 46.5 Å². The van der Waals surface area contributed by atoms with Crippen molar-refractivity contribution in [1.29, 1.82) is 0 Å². The van der Waals surface area contributed by atoms with Gasteiger partial charge in [0.05, 0.1) is 12.7 Å². The van der Waals surface area contributed by atoms with E-state index in [-0.39, 0.29) is 0 Å². The van der Waals surface area contributed by atoms with E-state index in [0.717, 1.165) is 32.8 Å². The average Bonchev–Trinajstić information content (AvgIpc) is 2.97. The van der Waals surface area contributed by atoms with Crippen molar-refractivity contribution < 1.29 is 9.47 Å². The third-order valence-electron chi connectivity index (χ3n) is 4.44. The molecule has 0 amide bonds. The van der Waals surface area contributed by atoms with Crippen molar-refractivity contribution >= 4 is 0 Å². The number of hydrogen-bond acceptors (Lipinski definition) is 4. The van der Waals surface area contributed by atoms with Gasteiger partial charge in [-0.2, -0.15) is 0 Å². The Morgan fingerprint density at radius 1 is 1.42 bits per heavy atom. The fourth-order valence-corrected chi connectivity index (χ4v) is 3.23. The molecule has 0 bridgehead atoms. The maximum atomic E-state index is 5.57. The highest BCUT2D eigenvalue weighted by atomic mass is 16.5. The molecule has 2 fully saturated rings. The third-order valence-corrected chi connectivity index (χ3v) is 4.44. The highest BCUT2D eigenvalue weighted by molar-refractivity contribution is 4.84. The number of rotatable bonds is 7. The van der Waals surface area contributed by atoms with Crippen LogP contribution in [0.3, 0.4) is 0 Å². The molecule has 4 heteroatoms. The molecular weight excluding hydrogens is 240 g/mol. The van der Waals surface area contributed by atoms with Gasteiger partial charge in [0.2, 0.25) is 0 Å². The molecule has 2 aliphatic heterocycles. The Morgan fingerprint density at radius 2 is 2.32 bits per heavy atom. The molecule has 0 aromatic rings. The summed E-state index contributed by atoms with van der Waals surface area (Å²) >= 11 is 0. The molecule has 112 valence electrons. The van der Waals surface area contributed by atoms with E-state index < -0.39 is 0 Å². The Bertz CT molecular complexity index is 244. The standard InChI is InChI=1S/C15H30N2O2/c1-3-7-16-15(13-6-9-19-12-13)11-17-8-4-5-14(10-17)18-2/h13-16H,3-12H2,1-2H3. The lowest BCUT2D eigenvalue weighted by molar-refractivity contribution is 0.0250. The van der Waals surface area contributed by atoms with Gasteiger partial charge in [0.1, 0.15) is 0 Å². The molecular formula is C15H30N2O2. The lowest BCUT2D eigenvalue weighted by atomic mass is 9.97. The highest BCUT2D eigenvalue weighted by Crippen LogP contribution is 2.20. The molecule has 3 atom stereocenters. The van der Waals surface area contributed by atoms with Crippen LogP contribution >= 0.6 is 0 Å². The summed E-state index contributed by atoms with van der Waals surface area (Å²) in [6.45, 7) is 8.68. The number of nitrogens with one attached hydrogen (secondary N) is 1. The van der Waals surface area contributed by atoms with Gasteiger partial charge in [0.25, 0.3) is 0 Å². The summed E-state index contributed by atoms with van der Waals surface area (Å²) in [6.07, 6.45) is 5.32. The lowest BCUT2D eigenvalue weighted by Crippen LogP contribution is -2.50. The van der Waals surface area contributed by atoms with E-state index in [2.05, 4.69) is 17.1 Å². The predicted octanol–water partition coefficient (Wildman–Crippen LogP) is 1.50. The van der Waals surface area contributed by atoms with Crippen molar-refractivity contribution in [2.24, 2.45) is 5.92 Å². The van der Waals surface area contributed by atoms with E-state index in [4.69, 9.17) is 9.47 Å². The first kappa shape index (κ1) is 15.2. The first-order valence-electron chi connectivity index (χ1n) is 7.89. The molecule has 0 spiro atoms. The van der Waals surface area contributed by atoms with Gasteiger partial charge in [0.15, 0.2) is 0 Å². The monoisotopic (exact) mass is 270 g/mol. The van der Waals surface area contributed by atoms with Crippen LogP contribution in [0.2, 0.25) is 0 Å². The van der Waals surface area contributed by atoms with E-state index in [1.54, 1.807) is 0 Å². The van der Waals surface area contributed by atoms with E-state index in [1.165, 1.54) is 32.2 Å². The lowest BCUT2D eigenvalue weighted by Gasteiger charge is -2.36. The Balaban J connectivity index is 1.83. The second-order valence-corrected chi connectivity index (χ2v) is 5.94. The Hall–Kier alpha value is -0.160. The minimum Gasteiger partial charge on any atom is -0.381 e. The Kier molecular flexibility index (Phi) is 6.57. The molecule has 2 rings (SSSR count). The number of piperidine rings is 1. The number of methoxy groups -OCH3 is 1. The molecule has 2 aliphatic rings. The summed E-state index contributed by atoms with van der Waals surface area (Å²) in [4.78, 5) is 2.57. The zero-order chi connectivity index (χ0) is 13.5. The fourth-order valence-electron chi connectivity index (χ4n) is 3.23. The fraction of sp³-hybridized carbons (Fsp3) is 1.00. The first-order chi connectivity index (χ1) is 9.33. The predicted molar refractivity (Wildman–Crippen MR) is 77.5 cm³/mol. The second kappa shape index (κ2) is 8.20. The van der Waals surface area contributed by atoms with Crippen molar-refractivity contribution in [1.82, 2.24) is 10.2 Å². The maximum absolute atomic E-state index is 5.57. The maximum Gasteiger partial charge on any atom is 0.0698 e. The van der Waals surface area contributed by atoms with Crippen LogP contribution in [-0.4, -0.2) is 63.5 Å². The zero-order valence-corrected chi connectivity index (χ0v) is 12.6. The summed E-state index contributed by atoms with van der Waals surface area (Å²) < 4.78 is 11.1. The highest BCUT2D eigenvalue weighted by Gasteiger charge is 2.28. The quantitative estimate of drug-likeness (QED) is 0.760. The smallest absolute Gasteiger partial charge is 0.0698 e. The molecule has 1 N–H and O–H groups in total. The van der Waals surface area contributed by atoms with Crippen molar-refractivity contribution in [3.8, 4) is 0 Å². The molecule has 2 saturated heterocycles. The first-order valence-corrected chi connectivity index (χ1v) is 7.89. The molecule has 0 aromatic heterocycles. The van der Waals surface area contributed by atoms with E-state index in [0.29, 0.717) is 18.1 Å². The summed E-state index contributed by atoms with van der Waals surface area (Å²) in [5, 5.41) is 3.73. The number of hydrogen-bond donors (Lipinski definition) is 1. The molecule has 4 nitrogen and oxygen atoms in total. The van der Waals surface area contributed by atoms with Gasteiger partial charge in [-0.15, -0.1) is 0 Å². The minimum absolute atomic E-state index is 0.431. The summed E-state index contributed by atoms with van der Waals surface area (Å²) in [5.41, 5.74) is 0. The molecule has 3 unspecified atom stereocenters. The zero-order valence-electron chi connectivity index (χ0n) is 12.6.